The third-order valence-electron chi connectivity index (χ3n) is 4.14. The quantitative estimate of drug-likeness (QED) is 0.718. The van der Waals surface area contributed by atoms with Crippen LogP contribution >= 0.6 is 0 Å². The maximum Gasteiger partial charge on any atom is 0.231 e. The molecule has 3 rings (SSSR count). The van der Waals surface area contributed by atoms with E-state index in [9.17, 15) is 4.79 Å². The second-order valence-electron chi connectivity index (χ2n) is 5.53. The average Bonchev–Trinajstić information content (AvgIpc) is 3.13. The van der Waals surface area contributed by atoms with Crippen molar-refractivity contribution in [2.24, 2.45) is 0 Å². The van der Waals surface area contributed by atoms with Gasteiger partial charge >= 0.3 is 0 Å². The van der Waals surface area contributed by atoms with Crippen LogP contribution < -0.4 is 18.9 Å². The lowest BCUT2D eigenvalue weighted by Gasteiger charge is -2.18. The molecular weight excluding hydrogens is 324 g/mol. The molecular formula is C19H20O6. The van der Waals surface area contributed by atoms with Gasteiger partial charge in [0.25, 0.3) is 0 Å². The highest BCUT2D eigenvalue weighted by Gasteiger charge is 2.22. The standard InChI is InChI=1S/C19H20O6/c1-21-13-5-6-14(17(9-13)22-2)18(23-3)10-15(20)12-4-7-16-19(8-12)25-11-24-16/h4-9,18H,10-11H2,1-3H3/t18-/m1/s1. The summed E-state index contributed by atoms with van der Waals surface area (Å²) in [6, 6.07) is 10.6. The van der Waals surface area contributed by atoms with Gasteiger partial charge in [0.05, 0.1) is 20.3 Å². The van der Waals surface area contributed by atoms with Crippen molar-refractivity contribution < 1.29 is 28.5 Å². The van der Waals surface area contributed by atoms with Crippen molar-refractivity contribution in [3.63, 3.8) is 0 Å². The second-order valence-corrected chi connectivity index (χ2v) is 5.53. The molecule has 0 saturated carbocycles. The number of ketones is 1. The molecule has 0 saturated heterocycles. The maximum atomic E-state index is 12.7. The van der Waals surface area contributed by atoms with Crippen LogP contribution in [-0.4, -0.2) is 33.9 Å². The first kappa shape index (κ1) is 17.1. The van der Waals surface area contributed by atoms with E-state index in [-0.39, 0.29) is 19.0 Å². The van der Waals surface area contributed by atoms with Crippen LogP contribution in [0.25, 0.3) is 0 Å². The first-order chi connectivity index (χ1) is 12.2. The maximum absolute atomic E-state index is 12.7. The third-order valence-corrected chi connectivity index (χ3v) is 4.14. The normalized spacial score (nSPS) is 13.4. The van der Waals surface area contributed by atoms with E-state index in [0.29, 0.717) is 28.6 Å². The van der Waals surface area contributed by atoms with Crippen LogP contribution in [0.15, 0.2) is 36.4 Å². The van der Waals surface area contributed by atoms with E-state index in [4.69, 9.17) is 23.7 Å². The Kier molecular flexibility index (Phi) is 5.09. The van der Waals surface area contributed by atoms with E-state index in [1.807, 2.05) is 12.1 Å². The highest BCUT2D eigenvalue weighted by molar-refractivity contribution is 5.97. The number of benzene rings is 2. The van der Waals surface area contributed by atoms with E-state index in [1.54, 1.807) is 45.6 Å². The van der Waals surface area contributed by atoms with Gasteiger partial charge in [0.1, 0.15) is 11.5 Å². The summed E-state index contributed by atoms with van der Waals surface area (Å²) < 4.78 is 26.8. The number of hydrogen-bond acceptors (Lipinski definition) is 6. The van der Waals surface area contributed by atoms with Gasteiger partial charge in [-0.3, -0.25) is 4.79 Å². The molecule has 0 spiro atoms. The molecule has 0 amide bonds. The molecule has 1 aliphatic rings. The molecule has 25 heavy (non-hydrogen) atoms. The first-order valence-electron chi connectivity index (χ1n) is 7.83. The molecule has 2 aromatic rings. The molecule has 2 aromatic carbocycles. The number of ether oxygens (including phenoxy) is 5. The van der Waals surface area contributed by atoms with Crippen LogP contribution in [0.5, 0.6) is 23.0 Å². The Hall–Kier alpha value is -2.73. The second kappa shape index (κ2) is 7.44. The number of carbonyl (C=O) groups is 1. The Morgan fingerprint density at radius 3 is 2.56 bits per heavy atom. The molecule has 0 radical (unpaired) electrons. The van der Waals surface area contributed by atoms with Gasteiger partial charge in [0, 0.05) is 30.7 Å². The van der Waals surface area contributed by atoms with Crippen molar-refractivity contribution >= 4 is 5.78 Å². The minimum absolute atomic E-state index is 0.0528. The Morgan fingerprint density at radius 1 is 1.04 bits per heavy atom. The lowest BCUT2D eigenvalue weighted by Crippen LogP contribution is -2.11. The molecule has 6 nitrogen and oxygen atoms in total. The van der Waals surface area contributed by atoms with E-state index >= 15 is 0 Å². The van der Waals surface area contributed by atoms with Crippen LogP contribution in [0.1, 0.15) is 28.4 Å². The topological polar surface area (TPSA) is 63.2 Å². The molecule has 6 heteroatoms. The lowest BCUT2D eigenvalue weighted by molar-refractivity contribution is 0.0720. The van der Waals surface area contributed by atoms with Crippen LogP contribution in [0.2, 0.25) is 0 Å². The molecule has 1 atom stereocenters. The molecule has 0 N–H and O–H groups in total. The van der Waals surface area contributed by atoms with Gasteiger partial charge in [-0.05, 0) is 30.3 Å². The summed E-state index contributed by atoms with van der Waals surface area (Å²) in [5.74, 6) is 2.48. The number of carbonyl (C=O) groups excluding carboxylic acids is 1. The van der Waals surface area contributed by atoms with Crippen LogP contribution in [0.3, 0.4) is 0 Å². The van der Waals surface area contributed by atoms with Crippen molar-refractivity contribution in [1.29, 1.82) is 0 Å². The van der Waals surface area contributed by atoms with Crippen molar-refractivity contribution in [3.05, 3.63) is 47.5 Å². The molecule has 0 aliphatic carbocycles. The predicted octanol–water partition coefficient (Wildman–Crippen LogP) is 3.39. The molecule has 0 unspecified atom stereocenters. The van der Waals surface area contributed by atoms with Gasteiger partial charge in [-0.1, -0.05) is 0 Å². The van der Waals surface area contributed by atoms with Gasteiger partial charge in [0.15, 0.2) is 17.3 Å². The van der Waals surface area contributed by atoms with Crippen molar-refractivity contribution in [2.45, 2.75) is 12.5 Å². The van der Waals surface area contributed by atoms with E-state index in [1.165, 1.54) is 0 Å². The summed E-state index contributed by atoms with van der Waals surface area (Å²) in [6.45, 7) is 0.177. The minimum atomic E-state index is -0.432. The SMILES string of the molecule is COc1ccc([C@@H](CC(=O)c2ccc3c(c2)OCO3)OC)c(OC)c1. The fourth-order valence-electron chi connectivity index (χ4n) is 2.76. The van der Waals surface area contributed by atoms with Crippen molar-refractivity contribution in [3.8, 4) is 23.0 Å². The zero-order chi connectivity index (χ0) is 17.8. The van der Waals surface area contributed by atoms with Crippen LogP contribution in [0, 0.1) is 0 Å². The monoisotopic (exact) mass is 344 g/mol. The minimum Gasteiger partial charge on any atom is -0.497 e. The molecule has 132 valence electrons. The van der Waals surface area contributed by atoms with E-state index in [0.717, 1.165) is 5.56 Å². The molecule has 0 bridgehead atoms. The Bertz CT molecular complexity index is 771. The molecule has 0 fully saturated rings. The summed E-state index contributed by atoms with van der Waals surface area (Å²) in [7, 11) is 4.73. The number of hydrogen-bond donors (Lipinski definition) is 0. The summed E-state index contributed by atoms with van der Waals surface area (Å²) in [5, 5.41) is 0. The van der Waals surface area contributed by atoms with Gasteiger partial charge < -0.3 is 23.7 Å². The highest BCUT2D eigenvalue weighted by atomic mass is 16.7. The number of methoxy groups -OCH3 is 3. The lowest BCUT2D eigenvalue weighted by atomic mass is 9.99. The molecule has 0 aromatic heterocycles. The predicted molar refractivity (Wildman–Crippen MR) is 90.8 cm³/mol. The smallest absolute Gasteiger partial charge is 0.231 e. The average molecular weight is 344 g/mol. The van der Waals surface area contributed by atoms with Crippen molar-refractivity contribution in [2.75, 3.05) is 28.1 Å². The summed E-state index contributed by atoms with van der Waals surface area (Å²) in [5.41, 5.74) is 1.35. The van der Waals surface area contributed by atoms with E-state index in [2.05, 4.69) is 0 Å². The van der Waals surface area contributed by atoms with Gasteiger partial charge in [-0.2, -0.15) is 0 Å². The fraction of sp³-hybridized carbons (Fsp3) is 0.316. The molecule has 1 aliphatic heterocycles. The zero-order valence-corrected chi connectivity index (χ0v) is 14.4. The van der Waals surface area contributed by atoms with Gasteiger partial charge in [-0.15, -0.1) is 0 Å². The summed E-state index contributed by atoms with van der Waals surface area (Å²) >= 11 is 0. The van der Waals surface area contributed by atoms with Gasteiger partial charge in [0.2, 0.25) is 6.79 Å². The summed E-state index contributed by atoms with van der Waals surface area (Å²) in [4.78, 5) is 12.7. The van der Waals surface area contributed by atoms with Crippen LogP contribution in [0.4, 0.5) is 0 Å². The molecule has 1 heterocycles. The Morgan fingerprint density at radius 2 is 1.84 bits per heavy atom. The van der Waals surface area contributed by atoms with Crippen molar-refractivity contribution in [1.82, 2.24) is 0 Å². The number of rotatable bonds is 7. The van der Waals surface area contributed by atoms with Gasteiger partial charge in [-0.25, -0.2) is 0 Å². The van der Waals surface area contributed by atoms with E-state index < -0.39 is 6.10 Å². The largest absolute Gasteiger partial charge is 0.497 e. The Balaban J connectivity index is 1.81. The highest BCUT2D eigenvalue weighted by Crippen LogP contribution is 2.36. The summed E-state index contributed by atoms with van der Waals surface area (Å²) in [6.07, 6.45) is -0.252. The number of Topliss-reactive ketones (excluding diaryl/α,β-unsaturated/α-hetero) is 1. The first-order valence-corrected chi connectivity index (χ1v) is 7.83. The fourth-order valence-corrected chi connectivity index (χ4v) is 2.76. The Labute approximate surface area is 146 Å². The zero-order valence-electron chi connectivity index (χ0n) is 14.4. The number of fused-ring (bicyclic) bond motifs is 1. The van der Waals surface area contributed by atoms with Crippen LogP contribution in [-0.2, 0) is 4.74 Å². The third kappa shape index (κ3) is 3.53.